The van der Waals surface area contributed by atoms with Gasteiger partial charge in [0.25, 0.3) is 0 Å². The smallest absolute Gasteiger partial charge is 0.382 e. The Balaban J connectivity index is 1.36. The van der Waals surface area contributed by atoms with Crippen LogP contribution in [0.4, 0.5) is 4.79 Å². The van der Waals surface area contributed by atoms with Crippen molar-refractivity contribution in [2.24, 2.45) is 0 Å². The highest BCUT2D eigenvalue weighted by Gasteiger charge is 2.50. The summed E-state index contributed by atoms with van der Waals surface area (Å²) in [4.78, 5) is 18.5. The van der Waals surface area contributed by atoms with E-state index in [0.29, 0.717) is 24.6 Å². The fourth-order valence-electron chi connectivity index (χ4n) is 6.15. The summed E-state index contributed by atoms with van der Waals surface area (Å²) in [7, 11) is -1.60. The lowest BCUT2D eigenvalue weighted by molar-refractivity contribution is 0.180. The van der Waals surface area contributed by atoms with Crippen molar-refractivity contribution in [2.45, 2.75) is 38.1 Å². The fraction of sp³-hybridized carbons (Fsp3) is 0.162. The molecule has 7 heteroatoms. The minimum Gasteiger partial charge on any atom is -0.427 e. The van der Waals surface area contributed by atoms with E-state index in [4.69, 9.17) is 9.05 Å². The second-order valence-electron chi connectivity index (χ2n) is 11.2. The zero-order valence-electron chi connectivity index (χ0n) is 24.5. The number of carbonyl (C=O) groups is 1. The van der Waals surface area contributed by atoms with Crippen molar-refractivity contribution >= 4 is 14.6 Å². The highest BCUT2D eigenvalue weighted by Crippen LogP contribution is 2.54. The highest BCUT2D eigenvalue weighted by atomic mass is 31.2. The summed E-state index contributed by atoms with van der Waals surface area (Å²) in [5.41, 5.74) is 5.21. The monoisotopic (exact) mass is 599 g/mol. The Bertz CT molecular complexity index is 1620. The van der Waals surface area contributed by atoms with E-state index in [1.807, 2.05) is 101 Å². The minimum atomic E-state index is -1.60. The van der Waals surface area contributed by atoms with E-state index in [1.165, 1.54) is 0 Å². The van der Waals surface area contributed by atoms with Gasteiger partial charge in [-0.25, -0.2) is 9.88 Å². The zero-order valence-corrected chi connectivity index (χ0v) is 25.4. The molecular formula is C37H34N3O3P. The van der Waals surface area contributed by atoms with Crippen molar-refractivity contribution in [3.63, 3.8) is 0 Å². The van der Waals surface area contributed by atoms with Crippen molar-refractivity contribution < 1.29 is 13.8 Å². The quantitative estimate of drug-likeness (QED) is 0.190. The van der Waals surface area contributed by atoms with Gasteiger partial charge >= 0.3 is 14.6 Å². The lowest BCUT2D eigenvalue weighted by Gasteiger charge is -2.29. The number of amides is 2. The number of benzene rings is 5. The summed E-state index contributed by atoms with van der Waals surface area (Å²) >= 11 is 0. The first-order valence-corrected chi connectivity index (χ1v) is 16.1. The van der Waals surface area contributed by atoms with Crippen LogP contribution < -0.4 is 14.1 Å². The number of para-hydroxylation sites is 2. The van der Waals surface area contributed by atoms with E-state index in [1.54, 1.807) is 0 Å². The Hall–Kier alpha value is -4.64. The van der Waals surface area contributed by atoms with Crippen LogP contribution in [0.5, 0.6) is 11.5 Å². The maximum absolute atomic E-state index is 14.5. The van der Waals surface area contributed by atoms with Crippen LogP contribution in [0, 0.1) is 0 Å². The second kappa shape index (κ2) is 12.5. The number of nitrogens with zero attached hydrogens (tertiary/aromatic N) is 2. The standard InChI is InChI=1S/C37H34N3O3P/c1-27(30-19-9-4-10-20-30)38-44-42-33-23-13-11-21-31(33)35-36(32-22-12-14-24-34(32)43-44)40(26-29-17-7-3-8-18-29)37(41)39(35)25-28-15-5-2-6-16-28/h2-24,27,35-36,38H,25-26H2,1H3/t27-,35-,36-/m0/s1. The number of urea groups is 1. The summed E-state index contributed by atoms with van der Waals surface area (Å²) in [5, 5.41) is 3.62. The Morgan fingerprint density at radius 1 is 0.614 bits per heavy atom. The second-order valence-corrected chi connectivity index (χ2v) is 12.3. The number of fused-ring (bicyclic) bond motifs is 5. The Labute approximate surface area is 259 Å². The first kappa shape index (κ1) is 28.1. The fourth-order valence-corrected chi connectivity index (χ4v) is 7.45. The third-order valence-electron chi connectivity index (χ3n) is 8.29. The third-order valence-corrected chi connectivity index (χ3v) is 9.61. The lowest BCUT2D eigenvalue weighted by Crippen LogP contribution is -2.32. The molecule has 1 saturated heterocycles. The molecule has 0 aliphatic carbocycles. The van der Waals surface area contributed by atoms with E-state index in [-0.39, 0.29) is 24.2 Å². The summed E-state index contributed by atoms with van der Waals surface area (Å²) < 4.78 is 13.5. The summed E-state index contributed by atoms with van der Waals surface area (Å²) in [6.45, 7) is 3.06. The minimum absolute atomic E-state index is 0.00683. The van der Waals surface area contributed by atoms with Crippen LogP contribution in [0.2, 0.25) is 0 Å². The average molecular weight is 600 g/mol. The van der Waals surface area contributed by atoms with Crippen LogP contribution in [0.3, 0.4) is 0 Å². The first-order valence-electron chi connectivity index (χ1n) is 15.0. The molecule has 3 atom stereocenters. The van der Waals surface area contributed by atoms with Gasteiger partial charge in [-0.15, -0.1) is 0 Å². The van der Waals surface area contributed by atoms with Crippen LogP contribution in [0.15, 0.2) is 140 Å². The molecule has 0 spiro atoms. The third kappa shape index (κ3) is 5.67. The van der Waals surface area contributed by atoms with Crippen LogP contribution >= 0.6 is 8.53 Å². The van der Waals surface area contributed by atoms with Gasteiger partial charge in [0.05, 0.1) is 12.1 Å². The summed E-state index contributed by atoms with van der Waals surface area (Å²) in [6, 6.07) is 46.2. The molecule has 44 heavy (non-hydrogen) atoms. The van der Waals surface area contributed by atoms with Crippen LogP contribution in [0.25, 0.3) is 0 Å². The summed E-state index contributed by atoms with van der Waals surface area (Å²) in [6.07, 6.45) is 0. The molecule has 7 rings (SSSR count). The summed E-state index contributed by atoms with van der Waals surface area (Å²) in [5.74, 6) is 1.42. The maximum Gasteiger partial charge on any atom is 0.382 e. The molecule has 0 aromatic heterocycles. The normalized spacial score (nSPS) is 18.5. The first-order chi connectivity index (χ1) is 21.7. The van der Waals surface area contributed by atoms with Crippen molar-refractivity contribution in [3.8, 4) is 11.5 Å². The molecule has 0 saturated carbocycles. The molecule has 6 nitrogen and oxygen atoms in total. The zero-order chi connectivity index (χ0) is 29.9. The molecule has 5 aromatic carbocycles. The number of hydrogen-bond donors (Lipinski definition) is 1. The van der Waals surface area contributed by atoms with Gasteiger partial charge in [0.1, 0.15) is 11.5 Å². The van der Waals surface area contributed by atoms with Crippen LogP contribution in [0.1, 0.15) is 52.9 Å². The number of rotatable bonds is 7. The topological polar surface area (TPSA) is 54.0 Å². The van der Waals surface area contributed by atoms with E-state index in [0.717, 1.165) is 27.8 Å². The molecule has 1 fully saturated rings. The van der Waals surface area contributed by atoms with E-state index < -0.39 is 8.53 Å². The van der Waals surface area contributed by atoms with Gasteiger partial charge in [0.15, 0.2) is 0 Å². The number of hydrogen-bond acceptors (Lipinski definition) is 4. The van der Waals surface area contributed by atoms with Gasteiger partial charge in [-0.1, -0.05) is 127 Å². The predicted molar refractivity (Wildman–Crippen MR) is 174 cm³/mol. The van der Waals surface area contributed by atoms with Crippen molar-refractivity contribution in [1.82, 2.24) is 14.9 Å². The highest BCUT2D eigenvalue weighted by molar-refractivity contribution is 7.45. The van der Waals surface area contributed by atoms with Gasteiger partial charge in [0.2, 0.25) is 0 Å². The van der Waals surface area contributed by atoms with Crippen LogP contribution in [-0.4, -0.2) is 15.8 Å². The Morgan fingerprint density at radius 2 is 1.02 bits per heavy atom. The van der Waals surface area contributed by atoms with E-state index >= 15 is 0 Å². The molecular weight excluding hydrogens is 565 g/mol. The largest absolute Gasteiger partial charge is 0.427 e. The van der Waals surface area contributed by atoms with Gasteiger partial charge in [-0.05, 0) is 35.7 Å². The molecule has 2 aliphatic heterocycles. The molecule has 5 aromatic rings. The average Bonchev–Trinajstić information content (AvgIpc) is 3.35. The maximum atomic E-state index is 14.5. The molecule has 0 bridgehead atoms. The molecule has 0 unspecified atom stereocenters. The number of nitrogens with one attached hydrogen (secondary N) is 1. The Morgan fingerprint density at radius 3 is 1.50 bits per heavy atom. The van der Waals surface area contributed by atoms with E-state index in [9.17, 15) is 4.79 Å². The molecule has 2 aliphatic rings. The SMILES string of the molecule is C[C@H](NP1Oc2ccccc2[C@H]2[C@H](c3ccccc3O1)N(Cc1ccccc1)C(=O)N2Cc1ccccc1)c1ccccc1. The van der Waals surface area contributed by atoms with Gasteiger partial charge in [-0.2, -0.15) is 0 Å². The molecule has 220 valence electrons. The Kier molecular flexibility index (Phi) is 8.02. The molecule has 0 radical (unpaired) electrons. The lowest BCUT2D eigenvalue weighted by atomic mass is 9.91. The molecule has 1 N–H and O–H groups in total. The molecule has 2 amide bonds. The number of carbonyl (C=O) groups excluding carboxylic acids is 1. The van der Waals surface area contributed by atoms with E-state index in [2.05, 4.69) is 60.5 Å². The van der Waals surface area contributed by atoms with Crippen molar-refractivity contribution in [2.75, 3.05) is 0 Å². The molecule has 2 heterocycles. The van der Waals surface area contributed by atoms with Gasteiger partial charge in [-0.3, -0.25) is 0 Å². The predicted octanol–water partition coefficient (Wildman–Crippen LogP) is 8.96. The van der Waals surface area contributed by atoms with Crippen LogP contribution in [-0.2, 0) is 13.1 Å². The van der Waals surface area contributed by atoms with Crippen molar-refractivity contribution in [1.29, 1.82) is 0 Å². The van der Waals surface area contributed by atoms with Crippen molar-refractivity contribution in [3.05, 3.63) is 167 Å². The van der Waals surface area contributed by atoms with Gasteiger partial charge in [0, 0.05) is 30.3 Å². The van der Waals surface area contributed by atoms with Gasteiger partial charge < -0.3 is 18.8 Å².